The molecule has 0 aliphatic rings. The Balaban J connectivity index is 1.91. The van der Waals surface area contributed by atoms with Crippen LogP contribution in [-0.2, 0) is 6.42 Å². The second-order valence-corrected chi connectivity index (χ2v) is 6.14. The van der Waals surface area contributed by atoms with E-state index in [-0.39, 0.29) is 6.61 Å². The van der Waals surface area contributed by atoms with E-state index in [1.165, 1.54) is 6.07 Å². The van der Waals surface area contributed by atoms with E-state index < -0.39 is 17.8 Å². The van der Waals surface area contributed by atoms with Crippen molar-refractivity contribution < 1.29 is 18.7 Å². The van der Waals surface area contributed by atoms with Gasteiger partial charge in [-0.15, -0.1) is 0 Å². The molecule has 0 spiro atoms. The van der Waals surface area contributed by atoms with Crippen LogP contribution >= 0.6 is 11.8 Å². The van der Waals surface area contributed by atoms with E-state index >= 15 is 0 Å². The lowest BCUT2D eigenvalue weighted by Gasteiger charge is -2.17. The lowest BCUT2D eigenvalue weighted by Crippen LogP contribution is -2.41. The molecule has 0 saturated heterocycles. The number of alkyl halides is 2. The van der Waals surface area contributed by atoms with Crippen molar-refractivity contribution >= 4 is 23.5 Å². The van der Waals surface area contributed by atoms with Crippen LogP contribution in [0.3, 0.4) is 0 Å². The summed E-state index contributed by atoms with van der Waals surface area (Å²) in [5, 5.41) is 14.7. The highest BCUT2D eigenvalue weighted by molar-refractivity contribution is 7.99. The number of rotatable bonds is 7. The van der Waals surface area contributed by atoms with Gasteiger partial charge in [0.1, 0.15) is 0 Å². The van der Waals surface area contributed by atoms with E-state index in [9.17, 15) is 18.7 Å². The van der Waals surface area contributed by atoms with Gasteiger partial charge in [0.2, 0.25) is 0 Å². The van der Waals surface area contributed by atoms with Crippen LogP contribution in [-0.4, -0.2) is 29.5 Å². The first-order valence-corrected chi connectivity index (χ1v) is 8.22. The van der Waals surface area contributed by atoms with Crippen LogP contribution in [0, 0.1) is 0 Å². The van der Waals surface area contributed by atoms with Crippen LogP contribution < -0.4 is 10.6 Å². The predicted molar refractivity (Wildman–Crippen MR) is 91.5 cm³/mol. The summed E-state index contributed by atoms with van der Waals surface area (Å²) in [5.41, 5.74) is 1.40. The predicted octanol–water partition coefficient (Wildman–Crippen LogP) is 3.73. The monoisotopic (exact) mass is 352 g/mol. The summed E-state index contributed by atoms with van der Waals surface area (Å²) in [4.78, 5) is 12.4. The lowest BCUT2D eigenvalue weighted by molar-refractivity contribution is 0.224. The number of aliphatic hydroxyl groups is 1. The minimum Gasteiger partial charge on any atom is -0.394 e. The average Bonchev–Trinajstić information content (AvgIpc) is 2.54. The molecule has 0 heterocycles. The number of anilines is 1. The average molecular weight is 352 g/mol. The molecule has 0 aromatic heterocycles. The number of hydrogen-bond acceptors (Lipinski definition) is 3. The van der Waals surface area contributed by atoms with Crippen LogP contribution in [0.1, 0.15) is 5.56 Å². The molecule has 24 heavy (non-hydrogen) atoms. The summed E-state index contributed by atoms with van der Waals surface area (Å²) in [6, 6.07) is 14.8. The van der Waals surface area contributed by atoms with Crippen LogP contribution in [0.4, 0.5) is 19.3 Å². The number of amides is 2. The maximum Gasteiger partial charge on any atom is 0.319 e. The Hall–Kier alpha value is -2.12. The van der Waals surface area contributed by atoms with E-state index in [1.54, 1.807) is 18.2 Å². The fourth-order valence-corrected chi connectivity index (χ4v) is 2.72. The molecule has 128 valence electrons. The van der Waals surface area contributed by atoms with Gasteiger partial charge in [-0.3, -0.25) is 0 Å². The molecular weight excluding hydrogens is 334 g/mol. The van der Waals surface area contributed by atoms with Crippen LogP contribution in [0.15, 0.2) is 59.5 Å². The van der Waals surface area contributed by atoms with Crippen molar-refractivity contribution in [3.05, 3.63) is 60.2 Å². The molecule has 7 heteroatoms. The number of halogens is 2. The molecule has 1 atom stereocenters. The van der Waals surface area contributed by atoms with E-state index in [1.807, 2.05) is 30.3 Å². The van der Waals surface area contributed by atoms with E-state index in [0.717, 1.165) is 5.56 Å². The number of carbonyl (C=O) groups is 1. The minimum absolute atomic E-state index is 0.205. The number of aliphatic hydroxyl groups excluding tert-OH is 1. The Kier molecular flexibility index (Phi) is 7.02. The Morgan fingerprint density at radius 1 is 1.12 bits per heavy atom. The molecule has 3 N–H and O–H groups in total. The van der Waals surface area contributed by atoms with Gasteiger partial charge in [0, 0.05) is 10.6 Å². The number of carbonyl (C=O) groups excluding carboxylic acids is 1. The highest BCUT2D eigenvalue weighted by Crippen LogP contribution is 2.27. The van der Waals surface area contributed by atoms with Crippen molar-refractivity contribution in [3.8, 4) is 0 Å². The number of thioether (sulfide) groups is 1. The Bertz CT molecular complexity index is 656. The molecule has 0 fully saturated rings. The van der Waals surface area contributed by atoms with Crippen molar-refractivity contribution in [1.29, 1.82) is 0 Å². The zero-order chi connectivity index (χ0) is 17.4. The third kappa shape index (κ3) is 6.17. The smallest absolute Gasteiger partial charge is 0.319 e. The molecule has 2 amide bonds. The molecule has 0 aliphatic heterocycles. The first kappa shape index (κ1) is 18.2. The standard InChI is InChI=1S/C17H18F2N2O2S/c18-16(19)24-15-8-4-7-13(10-15)20-17(23)21-14(11-22)9-12-5-2-1-3-6-12/h1-8,10,14,16,22H,9,11H2,(H2,20,21,23). The summed E-state index contributed by atoms with van der Waals surface area (Å²) in [6.07, 6.45) is 0.492. The third-order valence-corrected chi connectivity index (χ3v) is 3.90. The number of nitrogens with one attached hydrogen (secondary N) is 2. The molecule has 1 unspecified atom stereocenters. The van der Waals surface area contributed by atoms with Gasteiger partial charge in [0.25, 0.3) is 5.76 Å². The minimum atomic E-state index is -2.52. The summed E-state index contributed by atoms with van der Waals surface area (Å²) in [5.74, 6) is -2.52. The molecule has 0 bridgehead atoms. The highest BCUT2D eigenvalue weighted by atomic mass is 32.2. The van der Waals surface area contributed by atoms with Gasteiger partial charge in [-0.25, -0.2) is 4.79 Å². The number of hydrogen-bond donors (Lipinski definition) is 3. The van der Waals surface area contributed by atoms with Crippen molar-refractivity contribution in [2.75, 3.05) is 11.9 Å². The second-order valence-electron chi connectivity index (χ2n) is 5.07. The molecule has 0 radical (unpaired) electrons. The van der Waals surface area contributed by atoms with E-state index in [2.05, 4.69) is 10.6 Å². The maximum absolute atomic E-state index is 12.4. The van der Waals surface area contributed by atoms with Crippen molar-refractivity contribution in [3.63, 3.8) is 0 Å². The fourth-order valence-electron chi connectivity index (χ4n) is 2.16. The summed E-state index contributed by atoms with van der Waals surface area (Å²) < 4.78 is 24.8. The topological polar surface area (TPSA) is 61.4 Å². The van der Waals surface area contributed by atoms with E-state index in [0.29, 0.717) is 28.8 Å². The summed E-state index contributed by atoms with van der Waals surface area (Å²) >= 11 is 0.415. The summed E-state index contributed by atoms with van der Waals surface area (Å²) in [7, 11) is 0. The quantitative estimate of drug-likeness (QED) is 0.666. The van der Waals surface area contributed by atoms with Gasteiger partial charge < -0.3 is 15.7 Å². The molecule has 2 rings (SSSR count). The van der Waals surface area contributed by atoms with Crippen LogP contribution in [0.2, 0.25) is 0 Å². The number of urea groups is 1. The van der Waals surface area contributed by atoms with E-state index in [4.69, 9.17) is 0 Å². The molecule has 2 aromatic rings. The second kappa shape index (κ2) is 9.24. The normalized spacial score (nSPS) is 12.0. The first-order valence-electron chi connectivity index (χ1n) is 7.34. The highest BCUT2D eigenvalue weighted by Gasteiger charge is 2.13. The van der Waals surface area contributed by atoms with Gasteiger partial charge in [-0.05, 0) is 30.2 Å². The molecule has 2 aromatic carbocycles. The number of benzene rings is 2. The summed E-state index contributed by atoms with van der Waals surface area (Å²) in [6.45, 7) is -0.205. The van der Waals surface area contributed by atoms with Gasteiger partial charge in [-0.1, -0.05) is 48.2 Å². The molecule has 0 saturated carbocycles. The maximum atomic E-state index is 12.4. The van der Waals surface area contributed by atoms with Crippen molar-refractivity contribution in [2.45, 2.75) is 23.1 Å². The first-order chi connectivity index (χ1) is 11.6. The van der Waals surface area contributed by atoms with Crippen LogP contribution in [0.25, 0.3) is 0 Å². The van der Waals surface area contributed by atoms with Crippen molar-refractivity contribution in [1.82, 2.24) is 5.32 Å². The Morgan fingerprint density at radius 3 is 2.54 bits per heavy atom. The third-order valence-electron chi connectivity index (χ3n) is 3.20. The largest absolute Gasteiger partial charge is 0.394 e. The fraction of sp³-hybridized carbons (Fsp3) is 0.235. The van der Waals surface area contributed by atoms with Gasteiger partial charge in [-0.2, -0.15) is 8.78 Å². The van der Waals surface area contributed by atoms with Gasteiger partial charge >= 0.3 is 6.03 Å². The molecular formula is C17H18F2N2O2S. The lowest BCUT2D eigenvalue weighted by atomic mass is 10.1. The zero-order valence-electron chi connectivity index (χ0n) is 12.8. The zero-order valence-corrected chi connectivity index (χ0v) is 13.6. The van der Waals surface area contributed by atoms with Crippen LogP contribution in [0.5, 0.6) is 0 Å². The van der Waals surface area contributed by atoms with Crippen molar-refractivity contribution in [2.24, 2.45) is 0 Å². The van der Waals surface area contributed by atoms with Gasteiger partial charge in [0.15, 0.2) is 0 Å². The van der Waals surface area contributed by atoms with Gasteiger partial charge in [0.05, 0.1) is 12.6 Å². The molecule has 4 nitrogen and oxygen atoms in total. The Morgan fingerprint density at radius 2 is 1.88 bits per heavy atom. The SMILES string of the molecule is O=C(Nc1cccc(SC(F)F)c1)NC(CO)Cc1ccccc1. The molecule has 0 aliphatic carbocycles. The Labute approximate surface area is 143 Å².